The summed E-state index contributed by atoms with van der Waals surface area (Å²) in [7, 11) is 0. The predicted molar refractivity (Wildman–Crippen MR) is 101 cm³/mol. The standard InChI is InChI=1S/C18H31ClN4/c1-4-20-18(21-12-7-8-13-23(5-2)6-3)22-15-16-10-9-11-17(19)14-16/h9-11,14H,4-8,12-13,15H2,1-3H3,(H2,20,21,22). The number of hydrogen-bond acceptors (Lipinski definition) is 2. The van der Waals surface area contributed by atoms with Crippen LogP contribution in [-0.2, 0) is 6.54 Å². The number of guanidine groups is 1. The van der Waals surface area contributed by atoms with E-state index in [1.807, 2.05) is 24.3 Å². The Bertz CT molecular complexity index is 458. The van der Waals surface area contributed by atoms with Crippen LogP contribution in [0.4, 0.5) is 0 Å². The van der Waals surface area contributed by atoms with Gasteiger partial charge < -0.3 is 15.5 Å². The van der Waals surface area contributed by atoms with Gasteiger partial charge in [0.1, 0.15) is 0 Å². The molecule has 1 rings (SSSR count). The van der Waals surface area contributed by atoms with Crippen molar-refractivity contribution >= 4 is 17.6 Å². The van der Waals surface area contributed by atoms with Crippen LogP contribution in [0.3, 0.4) is 0 Å². The summed E-state index contributed by atoms with van der Waals surface area (Å²) < 4.78 is 0. The lowest BCUT2D eigenvalue weighted by Crippen LogP contribution is -2.38. The number of nitrogens with zero attached hydrogens (tertiary/aromatic N) is 2. The second-order valence-electron chi connectivity index (χ2n) is 5.49. The van der Waals surface area contributed by atoms with Gasteiger partial charge in [0.05, 0.1) is 6.54 Å². The van der Waals surface area contributed by atoms with E-state index in [2.05, 4.69) is 41.3 Å². The minimum absolute atomic E-state index is 0.634. The van der Waals surface area contributed by atoms with Crippen molar-refractivity contribution in [3.8, 4) is 0 Å². The highest BCUT2D eigenvalue weighted by Gasteiger charge is 2.00. The average Bonchev–Trinajstić information content (AvgIpc) is 2.56. The van der Waals surface area contributed by atoms with Gasteiger partial charge in [-0.1, -0.05) is 37.6 Å². The van der Waals surface area contributed by atoms with Crippen LogP contribution in [0, 0.1) is 0 Å². The second-order valence-corrected chi connectivity index (χ2v) is 5.92. The zero-order valence-electron chi connectivity index (χ0n) is 14.7. The molecule has 0 atom stereocenters. The first-order chi connectivity index (χ1) is 11.2. The topological polar surface area (TPSA) is 39.7 Å². The van der Waals surface area contributed by atoms with Crippen LogP contribution < -0.4 is 10.6 Å². The lowest BCUT2D eigenvalue weighted by Gasteiger charge is -2.18. The summed E-state index contributed by atoms with van der Waals surface area (Å²) in [6.07, 6.45) is 2.36. The summed E-state index contributed by atoms with van der Waals surface area (Å²) in [4.78, 5) is 7.07. The Kier molecular flexibility index (Phi) is 10.5. The zero-order valence-corrected chi connectivity index (χ0v) is 15.5. The van der Waals surface area contributed by atoms with Crippen molar-refractivity contribution in [2.75, 3.05) is 32.7 Å². The number of unbranched alkanes of at least 4 members (excludes halogenated alkanes) is 1. The van der Waals surface area contributed by atoms with Crippen LogP contribution in [0.5, 0.6) is 0 Å². The van der Waals surface area contributed by atoms with Gasteiger partial charge in [-0.15, -0.1) is 0 Å². The molecular formula is C18H31ClN4. The van der Waals surface area contributed by atoms with Crippen molar-refractivity contribution in [2.45, 2.75) is 40.2 Å². The molecule has 4 nitrogen and oxygen atoms in total. The molecule has 0 aliphatic rings. The molecule has 0 saturated carbocycles. The van der Waals surface area contributed by atoms with Crippen LogP contribution >= 0.6 is 11.6 Å². The van der Waals surface area contributed by atoms with E-state index in [1.165, 1.54) is 13.0 Å². The first kappa shape index (κ1) is 19.8. The number of benzene rings is 1. The summed E-state index contributed by atoms with van der Waals surface area (Å²) in [5.74, 6) is 0.871. The summed E-state index contributed by atoms with van der Waals surface area (Å²) in [5, 5.41) is 7.44. The molecule has 0 aliphatic heterocycles. The molecular weight excluding hydrogens is 308 g/mol. The van der Waals surface area contributed by atoms with Crippen LogP contribution in [-0.4, -0.2) is 43.6 Å². The smallest absolute Gasteiger partial charge is 0.191 e. The fourth-order valence-corrected chi connectivity index (χ4v) is 2.57. The zero-order chi connectivity index (χ0) is 16.9. The Labute approximate surface area is 146 Å². The highest BCUT2D eigenvalue weighted by Crippen LogP contribution is 2.11. The first-order valence-electron chi connectivity index (χ1n) is 8.68. The van der Waals surface area contributed by atoms with Gasteiger partial charge in [0.2, 0.25) is 0 Å². The minimum Gasteiger partial charge on any atom is -0.357 e. The van der Waals surface area contributed by atoms with E-state index in [4.69, 9.17) is 11.6 Å². The molecule has 0 bridgehead atoms. The summed E-state index contributed by atoms with van der Waals surface area (Å²) in [6, 6.07) is 7.84. The van der Waals surface area contributed by atoms with Crippen molar-refractivity contribution in [1.82, 2.24) is 15.5 Å². The maximum atomic E-state index is 6.01. The van der Waals surface area contributed by atoms with Crippen LogP contribution in [0.15, 0.2) is 29.3 Å². The van der Waals surface area contributed by atoms with Crippen molar-refractivity contribution in [3.63, 3.8) is 0 Å². The maximum Gasteiger partial charge on any atom is 0.191 e. The molecule has 0 spiro atoms. The molecule has 0 fully saturated rings. The van der Waals surface area contributed by atoms with E-state index in [0.29, 0.717) is 6.54 Å². The highest BCUT2D eigenvalue weighted by molar-refractivity contribution is 6.30. The average molecular weight is 339 g/mol. The Morgan fingerprint density at radius 1 is 1.13 bits per heavy atom. The highest BCUT2D eigenvalue weighted by atomic mass is 35.5. The van der Waals surface area contributed by atoms with Gasteiger partial charge in [-0.05, 0) is 57.1 Å². The molecule has 130 valence electrons. The number of aliphatic imine (C=N–C) groups is 1. The van der Waals surface area contributed by atoms with Gasteiger partial charge in [-0.3, -0.25) is 0 Å². The minimum atomic E-state index is 0.634. The molecule has 0 amide bonds. The molecule has 0 radical (unpaired) electrons. The van der Waals surface area contributed by atoms with Crippen LogP contribution in [0.25, 0.3) is 0 Å². The quantitative estimate of drug-likeness (QED) is 0.389. The summed E-state index contributed by atoms with van der Waals surface area (Å²) in [6.45, 7) is 12.4. The fraction of sp³-hybridized carbons (Fsp3) is 0.611. The van der Waals surface area contributed by atoms with E-state index in [1.54, 1.807) is 0 Å². The number of halogens is 1. The molecule has 2 N–H and O–H groups in total. The molecule has 23 heavy (non-hydrogen) atoms. The third-order valence-corrected chi connectivity index (χ3v) is 3.98. The second kappa shape index (κ2) is 12.2. The summed E-state index contributed by atoms with van der Waals surface area (Å²) in [5.41, 5.74) is 1.12. The molecule has 1 aromatic carbocycles. The molecule has 0 heterocycles. The van der Waals surface area contributed by atoms with Crippen LogP contribution in [0.2, 0.25) is 5.02 Å². The monoisotopic (exact) mass is 338 g/mol. The van der Waals surface area contributed by atoms with Crippen molar-refractivity contribution in [1.29, 1.82) is 0 Å². The molecule has 5 heteroatoms. The third-order valence-electron chi connectivity index (χ3n) is 3.74. The van der Waals surface area contributed by atoms with Crippen molar-refractivity contribution in [3.05, 3.63) is 34.9 Å². The Morgan fingerprint density at radius 3 is 2.57 bits per heavy atom. The molecule has 1 aromatic rings. The van der Waals surface area contributed by atoms with E-state index in [0.717, 1.165) is 49.1 Å². The Morgan fingerprint density at radius 2 is 1.91 bits per heavy atom. The van der Waals surface area contributed by atoms with Gasteiger partial charge in [0.15, 0.2) is 5.96 Å². The van der Waals surface area contributed by atoms with Crippen molar-refractivity contribution < 1.29 is 0 Å². The fourth-order valence-electron chi connectivity index (χ4n) is 2.35. The largest absolute Gasteiger partial charge is 0.357 e. The Hall–Kier alpha value is -1.26. The number of hydrogen-bond donors (Lipinski definition) is 2. The molecule has 0 unspecified atom stereocenters. The number of rotatable bonds is 10. The first-order valence-corrected chi connectivity index (χ1v) is 9.06. The molecule has 0 saturated heterocycles. The summed E-state index contributed by atoms with van der Waals surface area (Å²) >= 11 is 6.01. The Balaban J connectivity index is 2.35. The van der Waals surface area contributed by atoms with Gasteiger partial charge in [-0.2, -0.15) is 0 Å². The van der Waals surface area contributed by atoms with E-state index >= 15 is 0 Å². The lowest BCUT2D eigenvalue weighted by atomic mass is 10.2. The lowest BCUT2D eigenvalue weighted by molar-refractivity contribution is 0.297. The number of nitrogens with one attached hydrogen (secondary N) is 2. The molecule has 0 aliphatic carbocycles. The normalized spacial score (nSPS) is 11.8. The predicted octanol–water partition coefficient (Wildman–Crippen LogP) is 3.52. The van der Waals surface area contributed by atoms with Gasteiger partial charge >= 0.3 is 0 Å². The maximum absolute atomic E-state index is 6.01. The SMILES string of the molecule is CCNC(=NCc1cccc(Cl)c1)NCCCCN(CC)CC. The van der Waals surface area contributed by atoms with E-state index in [9.17, 15) is 0 Å². The van der Waals surface area contributed by atoms with Crippen LogP contribution in [0.1, 0.15) is 39.2 Å². The van der Waals surface area contributed by atoms with Gasteiger partial charge in [0, 0.05) is 18.1 Å². The van der Waals surface area contributed by atoms with Gasteiger partial charge in [0.25, 0.3) is 0 Å². The van der Waals surface area contributed by atoms with E-state index in [-0.39, 0.29) is 0 Å². The van der Waals surface area contributed by atoms with Gasteiger partial charge in [-0.25, -0.2) is 4.99 Å². The van der Waals surface area contributed by atoms with E-state index < -0.39 is 0 Å². The molecule has 0 aromatic heterocycles. The third kappa shape index (κ3) is 8.82. The van der Waals surface area contributed by atoms with Crippen molar-refractivity contribution in [2.24, 2.45) is 4.99 Å².